The molecule has 10 nitrogen and oxygen atoms in total. The normalized spacial score (nSPS) is 15.0. The summed E-state index contributed by atoms with van der Waals surface area (Å²) in [7, 11) is 1.61. The zero-order valence-electron chi connectivity index (χ0n) is 25.0. The summed E-state index contributed by atoms with van der Waals surface area (Å²) in [6.07, 6.45) is -2.07. The predicted molar refractivity (Wildman–Crippen MR) is 170 cm³/mol. The Kier molecular flexibility index (Phi) is 9.72. The van der Waals surface area contributed by atoms with E-state index in [0.29, 0.717) is 40.1 Å². The number of rotatable bonds is 8. The number of halogens is 3. The van der Waals surface area contributed by atoms with Crippen molar-refractivity contribution in [3.8, 4) is 34.6 Å². The minimum Gasteiger partial charge on any atom is -0.497 e. The number of methoxy groups -OCH3 is 1. The maximum atomic E-state index is 12.8. The Hall–Kier alpha value is -5.16. The van der Waals surface area contributed by atoms with Crippen LogP contribution in [0.15, 0.2) is 83.0 Å². The number of amides is 2. The molecule has 3 aromatic carbocycles. The minimum atomic E-state index is -4.78. The lowest BCUT2D eigenvalue weighted by Crippen LogP contribution is -2.25. The average molecular weight is 648 g/mol. The average Bonchev–Trinajstić information content (AvgIpc) is 3.71. The number of anilines is 1. The van der Waals surface area contributed by atoms with Crippen LogP contribution in [0, 0.1) is 11.3 Å². The molecule has 5 rings (SSSR count). The molecule has 0 spiro atoms. The van der Waals surface area contributed by atoms with Crippen LogP contribution in [0.1, 0.15) is 36.8 Å². The van der Waals surface area contributed by atoms with Crippen molar-refractivity contribution in [1.29, 1.82) is 5.26 Å². The first-order valence-electron chi connectivity index (χ1n) is 14.1. The van der Waals surface area contributed by atoms with Crippen LogP contribution < -0.4 is 14.4 Å². The fourth-order valence-corrected chi connectivity index (χ4v) is 5.64. The van der Waals surface area contributed by atoms with Gasteiger partial charge in [-0.25, -0.2) is 19.5 Å². The molecule has 1 aromatic heterocycles. The quantitative estimate of drug-likeness (QED) is 0.182. The van der Waals surface area contributed by atoms with Gasteiger partial charge in [0.15, 0.2) is 11.0 Å². The third-order valence-corrected chi connectivity index (χ3v) is 7.90. The van der Waals surface area contributed by atoms with Gasteiger partial charge in [-0.3, -0.25) is 0 Å². The first kappa shape index (κ1) is 32.2. The lowest BCUT2D eigenvalue weighted by atomic mass is 10.00. The number of hydrogen-bond acceptors (Lipinski definition) is 7. The number of amidine groups is 1. The van der Waals surface area contributed by atoms with Crippen LogP contribution in [-0.2, 0) is 0 Å². The van der Waals surface area contributed by atoms with E-state index in [-0.39, 0.29) is 11.7 Å². The maximum Gasteiger partial charge on any atom is 0.573 e. The summed E-state index contributed by atoms with van der Waals surface area (Å²) in [6, 6.07) is 19.4. The molecule has 1 aliphatic rings. The van der Waals surface area contributed by atoms with Crippen molar-refractivity contribution in [2.45, 2.75) is 32.0 Å². The SMILES string of the molecule is COc1ccc(C(C)C)c(N2CCSC2=NC(=O)N=CC(C#N)c2ccc(-c3ncn(-c4ccc(OC(F)(F)F)cc4)n3)cc2)c1. The first-order valence-corrected chi connectivity index (χ1v) is 15.1. The van der Waals surface area contributed by atoms with Gasteiger partial charge in [-0.1, -0.05) is 55.9 Å². The van der Waals surface area contributed by atoms with Crippen molar-refractivity contribution in [2.24, 2.45) is 9.98 Å². The van der Waals surface area contributed by atoms with Crippen molar-refractivity contribution in [1.82, 2.24) is 14.8 Å². The lowest BCUT2D eigenvalue weighted by molar-refractivity contribution is -0.274. The minimum absolute atomic E-state index is 0.248. The van der Waals surface area contributed by atoms with E-state index in [4.69, 9.17) is 4.74 Å². The van der Waals surface area contributed by atoms with Crippen molar-refractivity contribution in [2.75, 3.05) is 24.3 Å². The smallest absolute Gasteiger partial charge is 0.497 e. The van der Waals surface area contributed by atoms with Crippen molar-refractivity contribution < 1.29 is 27.4 Å². The molecule has 2 heterocycles. The monoisotopic (exact) mass is 647 g/mol. The van der Waals surface area contributed by atoms with Crippen LogP contribution in [0.3, 0.4) is 0 Å². The zero-order valence-corrected chi connectivity index (χ0v) is 25.8. The largest absolute Gasteiger partial charge is 0.573 e. The van der Waals surface area contributed by atoms with Gasteiger partial charge in [-0.05, 0) is 47.4 Å². The van der Waals surface area contributed by atoms with Gasteiger partial charge in [0.25, 0.3) is 0 Å². The highest BCUT2D eigenvalue weighted by atomic mass is 32.2. The number of carbonyl (C=O) groups excluding carboxylic acids is 1. The van der Waals surface area contributed by atoms with Gasteiger partial charge in [0.05, 0.1) is 18.9 Å². The number of ether oxygens (including phenoxy) is 2. The number of hydrogen-bond donors (Lipinski definition) is 0. The summed E-state index contributed by atoms with van der Waals surface area (Å²) in [5.41, 5.74) is 3.77. The Morgan fingerprint density at radius 3 is 2.46 bits per heavy atom. The molecule has 1 saturated heterocycles. The molecule has 1 aliphatic heterocycles. The van der Waals surface area contributed by atoms with Crippen LogP contribution in [-0.4, -0.2) is 57.9 Å². The van der Waals surface area contributed by atoms with Crippen molar-refractivity contribution in [3.05, 3.63) is 84.2 Å². The second-order valence-corrected chi connectivity index (χ2v) is 11.4. The van der Waals surface area contributed by atoms with Crippen LogP contribution >= 0.6 is 11.8 Å². The fourth-order valence-electron chi connectivity index (χ4n) is 4.69. The van der Waals surface area contributed by atoms with Crippen LogP contribution in [0.2, 0.25) is 0 Å². The summed E-state index contributed by atoms with van der Waals surface area (Å²) in [5, 5.41) is 14.7. The van der Waals surface area contributed by atoms with E-state index in [1.54, 1.807) is 31.4 Å². The number of urea groups is 1. The summed E-state index contributed by atoms with van der Waals surface area (Å²) in [6.45, 7) is 4.87. The molecule has 1 unspecified atom stereocenters. The molecule has 0 N–H and O–H groups in total. The Morgan fingerprint density at radius 1 is 1.09 bits per heavy atom. The Labute approximate surface area is 267 Å². The van der Waals surface area contributed by atoms with E-state index in [1.165, 1.54) is 53.3 Å². The summed E-state index contributed by atoms with van der Waals surface area (Å²) >= 11 is 1.46. The molecule has 0 radical (unpaired) electrons. The molecule has 0 bridgehead atoms. The molecule has 236 valence electrons. The summed E-state index contributed by atoms with van der Waals surface area (Å²) in [5.74, 6) is 0.932. The van der Waals surface area contributed by atoms with Gasteiger partial charge in [0, 0.05) is 35.8 Å². The Balaban J connectivity index is 1.26. The zero-order chi connectivity index (χ0) is 32.8. The number of aliphatic imine (C=N–C) groups is 2. The van der Waals surface area contributed by atoms with Crippen LogP contribution in [0.25, 0.3) is 17.1 Å². The predicted octanol–water partition coefficient (Wildman–Crippen LogP) is 7.37. The van der Waals surface area contributed by atoms with E-state index in [9.17, 15) is 23.2 Å². The van der Waals surface area contributed by atoms with Gasteiger partial charge in [0.2, 0.25) is 0 Å². The summed E-state index contributed by atoms with van der Waals surface area (Å²) < 4.78 is 48.0. The highest BCUT2D eigenvalue weighted by Gasteiger charge is 2.31. The van der Waals surface area contributed by atoms with Crippen LogP contribution in [0.4, 0.5) is 23.7 Å². The fraction of sp³-hybridized carbons (Fsp3) is 0.250. The van der Waals surface area contributed by atoms with Crippen molar-refractivity contribution >= 4 is 34.9 Å². The molecule has 1 atom stereocenters. The second kappa shape index (κ2) is 13.9. The molecule has 1 fully saturated rings. The molecule has 2 amide bonds. The highest BCUT2D eigenvalue weighted by molar-refractivity contribution is 8.14. The Morgan fingerprint density at radius 2 is 1.80 bits per heavy atom. The molecule has 4 aromatic rings. The van der Waals surface area contributed by atoms with E-state index in [1.807, 2.05) is 23.1 Å². The summed E-state index contributed by atoms with van der Waals surface area (Å²) in [4.78, 5) is 27.2. The van der Waals surface area contributed by atoms with Gasteiger partial charge in [-0.15, -0.1) is 18.3 Å². The third-order valence-electron chi connectivity index (χ3n) is 6.95. The molecule has 14 heteroatoms. The maximum absolute atomic E-state index is 12.8. The topological polar surface area (TPSA) is 118 Å². The number of nitriles is 1. The number of carbonyl (C=O) groups is 1. The number of thioether (sulfide) groups is 1. The molecule has 46 heavy (non-hydrogen) atoms. The van der Waals surface area contributed by atoms with Crippen molar-refractivity contribution in [3.63, 3.8) is 0 Å². The number of nitrogens with zero attached hydrogens (tertiary/aromatic N) is 7. The number of aromatic nitrogens is 3. The first-order chi connectivity index (χ1) is 22.0. The molecular formula is C32H28F3N7O3S. The highest BCUT2D eigenvalue weighted by Crippen LogP contribution is 2.35. The van der Waals surface area contributed by atoms with E-state index >= 15 is 0 Å². The van der Waals surface area contributed by atoms with Gasteiger partial charge >= 0.3 is 12.4 Å². The van der Waals surface area contributed by atoms with E-state index in [0.717, 1.165) is 17.0 Å². The lowest BCUT2D eigenvalue weighted by Gasteiger charge is -2.23. The van der Waals surface area contributed by atoms with Gasteiger partial charge < -0.3 is 14.4 Å². The second-order valence-electron chi connectivity index (χ2n) is 10.3. The number of benzene rings is 3. The third kappa shape index (κ3) is 7.73. The molecule has 0 aliphatic carbocycles. The standard InChI is InChI=1S/C32H28F3N7O3S/c1-20(2)27-13-12-26(44-3)16-28(27)41-14-15-46-31(41)39-30(43)37-18-23(17-36)21-4-6-22(7-5-21)29-38-19-42(40-29)24-8-10-25(11-9-24)45-32(33,34)35/h4-13,16,18-20,23H,14-15H2,1-3H3. The van der Waals surface area contributed by atoms with Gasteiger partial charge in [-0.2, -0.15) is 10.3 Å². The van der Waals surface area contributed by atoms with E-state index < -0.39 is 18.3 Å². The van der Waals surface area contributed by atoms with Crippen LogP contribution in [0.5, 0.6) is 11.5 Å². The molecular weight excluding hydrogens is 619 g/mol. The Bertz CT molecular complexity index is 1800. The number of alkyl halides is 3. The van der Waals surface area contributed by atoms with Gasteiger partial charge in [0.1, 0.15) is 23.7 Å². The van der Waals surface area contributed by atoms with E-state index in [2.05, 4.69) is 44.7 Å². The molecule has 0 saturated carbocycles.